The van der Waals surface area contributed by atoms with E-state index >= 15 is 0 Å². The molecule has 33 heavy (non-hydrogen) atoms. The first-order valence-electron chi connectivity index (χ1n) is 10.1. The fourth-order valence-corrected chi connectivity index (χ4v) is 3.50. The first-order valence-corrected chi connectivity index (χ1v) is 10.1. The van der Waals surface area contributed by atoms with Gasteiger partial charge < -0.3 is 60.0 Å². The smallest absolute Gasteiger partial charge is 0.407 e. The molecule has 0 spiro atoms. The number of nitrogens with one attached hydrogen (secondary N) is 1. The molecule has 0 radical (unpaired) electrons. The molecule has 0 aromatic carbocycles. The van der Waals surface area contributed by atoms with Crippen molar-refractivity contribution in [3.63, 3.8) is 0 Å². The van der Waals surface area contributed by atoms with Crippen molar-refractivity contribution >= 4 is 6.09 Å². The number of aliphatic hydroxyl groups is 7. The molecule has 0 aliphatic carbocycles. The number of hydrogen-bond acceptors (Lipinski definition) is 14. The Balaban J connectivity index is 1.65. The number of aliphatic hydroxyl groups excluding tert-OH is 7. The Morgan fingerprint density at radius 3 is 2.21 bits per heavy atom. The molecule has 15 nitrogen and oxygen atoms in total. The number of alkyl carbamates (subject to hydrolysis) is 1. The third-order valence-corrected chi connectivity index (χ3v) is 5.48. The van der Waals surface area contributed by atoms with Crippen LogP contribution >= 0.6 is 0 Å². The summed E-state index contributed by atoms with van der Waals surface area (Å²) in [7, 11) is 0. The standard InChI is InChI=1S/C18H27N3O12/c1-2-3-18(20-21-18)6-19-17(29)33-14-12(27)13(8(5-23)30-15(14)28)32-16-11(26)10(25)9(24)7(4-22)31-16/h1,7-16,22-28H,3-6H2,(H,19,29)/t7?,8?,9-,10-,11?,12-,13+,14?,15+,16-/m0/s1. The molecule has 3 rings (SSSR count). The molecule has 2 saturated heterocycles. The first-order chi connectivity index (χ1) is 15.7. The lowest BCUT2D eigenvalue weighted by Crippen LogP contribution is -2.65. The highest BCUT2D eigenvalue weighted by Crippen LogP contribution is 2.31. The second-order valence-corrected chi connectivity index (χ2v) is 7.82. The quantitative estimate of drug-likeness (QED) is 0.155. The predicted octanol–water partition coefficient (Wildman–Crippen LogP) is -4.48. The van der Waals surface area contributed by atoms with Crippen LogP contribution in [0.5, 0.6) is 0 Å². The van der Waals surface area contributed by atoms with E-state index < -0.39 is 86.4 Å². The predicted molar refractivity (Wildman–Crippen MR) is 102 cm³/mol. The zero-order valence-electron chi connectivity index (χ0n) is 17.2. The second-order valence-electron chi connectivity index (χ2n) is 7.82. The summed E-state index contributed by atoms with van der Waals surface area (Å²) >= 11 is 0. The lowest BCUT2D eigenvalue weighted by atomic mass is 9.97. The average molecular weight is 477 g/mol. The molecule has 186 valence electrons. The molecule has 4 unspecified atom stereocenters. The molecule has 3 aliphatic heterocycles. The van der Waals surface area contributed by atoms with E-state index in [1.165, 1.54) is 0 Å². The summed E-state index contributed by atoms with van der Waals surface area (Å²) in [5, 5.41) is 79.5. The van der Waals surface area contributed by atoms with Gasteiger partial charge in [-0.1, -0.05) is 0 Å². The van der Waals surface area contributed by atoms with Crippen molar-refractivity contribution in [3.05, 3.63) is 0 Å². The van der Waals surface area contributed by atoms with Gasteiger partial charge >= 0.3 is 6.09 Å². The Morgan fingerprint density at radius 1 is 0.970 bits per heavy atom. The highest BCUT2D eigenvalue weighted by molar-refractivity contribution is 5.67. The number of ether oxygens (including phenoxy) is 4. The van der Waals surface area contributed by atoms with Crippen molar-refractivity contribution in [1.82, 2.24) is 5.32 Å². The minimum absolute atomic E-state index is 0.0835. The Morgan fingerprint density at radius 2 is 1.64 bits per heavy atom. The number of hydrogen-bond donors (Lipinski definition) is 8. The van der Waals surface area contributed by atoms with Crippen LogP contribution in [0, 0.1) is 12.3 Å². The molecule has 0 aromatic heterocycles. The summed E-state index contributed by atoms with van der Waals surface area (Å²) in [4.78, 5) is 12.2. The van der Waals surface area contributed by atoms with Crippen LogP contribution in [-0.4, -0.2) is 129 Å². The SMILES string of the molecule is C#CCC1(CNC(=O)OC2[C@H](O)OC(CO)[C@@H](O[C@@H]3OC(CO)[C@H](O)[C@H](O)C3O)[C@@H]2O)N=N1. The van der Waals surface area contributed by atoms with Crippen molar-refractivity contribution in [2.75, 3.05) is 19.8 Å². The highest BCUT2D eigenvalue weighted by Gasteiger charge is 2.52. The Kier molecular flexibility index (Phi) is 8.18. The van der Waals surface area contributed by atoms with E-state index in [2.05, 4.69) is 21.5 Å². The van der Waals surface area contributed by atoms with Gasteiger partial charge in [0.25, 0.3) is 0 Å². The minimum Gasteiger partial charge on any atom is -0.438 e. The van der Waals surface area contributed by atoms with Crippen molar-refractivity contribution in [3.8, 4) is 12.3 Å². The molecule has 0 saturated carbocycles. The van der Waals surface area contributed by atoms with Crippen LogP contribution in [0.2, 0.25) is 0 Å². The molecule has 3 aliphatic rings. The summed E-state index contributed by atoms with van der Waals surface area (Å²) in [5.74, 6) is 2.36. The summed E-state index contributed by atoms with van der Waals surface area (Å²) < 4.78 is 20.9. The van der Waals surface area contributed by atoms with Gasteiger partial charge in [0.15, 0.2) is 18.7 Å². The van der Waals surface area contributed by atoms with E-state index in [4.69, 9.17) is 25.4 Å². The Bertz CT molecular complexity index is 754. The van der Waals surface area contributed by atoms with Crippen molar-refractivity contribution in [2.24, 2.45) is 10.2 Å². The van der Waals surface area contributed by atoms with Gasteiger partial charge in [0.2, 0.25) is 5.66 Å². The van der Waals surface area contributed by atoms with Gasteiger partial charge in [-0.2, -0.15) is 10.2 Å². The van der Waals surface area contributed by atoms with Crippen molar-refractivity contribution in [2.45, 2.75) is 73.5 Å². The normalized spacial score (nSPS) is 41.8. The number of terminal acetylenes is 1. The number of carbonyl (C=O) groups excluding carboxylic acids is 1. The van der Waals surface area contributed by atoms with Gasteiger partial charge in [-0.15, -0.1) is 12.3 Å². The van der Waals surface area contributed by atoms with E-state index in [-0.39, 0.29) is 13.0 Å². The van der Waals surface area contributed by atoms with Crippen LogP contribution in [0.25, 0.3) is 0 Å². The van der Waals surface area contributed by atoms with Crippen LogP contribution in [0.1, 0.15) is 6.42 Å². The maximum atomic E-state index is 12.2. The van der Waals surface area contributed by atoms with Crippen LogP contribution in [0.4, 0.5) is 4.79 Å². The van der Waals surface area contributed by atoms with E-state index in [9.17, 15) is 40.5 Å². The molecule has 0 bridgehead atoms. The molecule has 1 amide bonds. The molecule has 10 atom stereocenters. The van der Waals surface area contributed by atoms with E-state index in [0.717, 1.165) is 0 Å². The van der Waals surface area contributed by atoms with Gasteiger partial charge in [0.1, 0.15) is 42.7 Å². The maximum Gasteiger partial charge on any atom is 0.407 e. The van der Waals surface area contributed by atoms with Gasteiger partial charge in [-0.3, -0.25) is 0 Å². The van der Waals surface area contributed by atoms with Crippen LogP contribution in [-0.2, 0) is 18.9 Å². The zero-order valence-corrected chi connectivity index (χ0v) is 17.2. The molecular formula is C18H27N3O12. The fraction of sp³-hybridized carbons (Fsp3) is 0.833. The maximum absolute atomic E-state index is 12.2. The van der Waals surface area contributed by atoms with Gasteiger partial charge in [0, 0.05) is 0 Å². The number of rotatable bonds is 8. The van der Waals surface area contributed by atoms with Gasteiger partial charge in [-0.25, -0.2) is 4.79 Å². The van der Waals surface area contributed by atoms with Crippen LogP contribution in [0.15, 0.2) is 10.2 Å². The van der Waals surface area contributed by atoms with Gasteiger partial charge in [0.05, 0.1) is 26.2 Å². The summed E-state index contributed by atoms with van der Waals surface area (Å²) in [5.41, 5.74) is -0.940. The van der Waals surface area contributed by atoms with Crippen molar-refractivity contribution in [1.29, 1.82) is 0 Å². The Hall–Kier alpha value is -1.97. The third kappa shape index (κ3) is 5.58. The summed E-state index contributed by atoms with van der Waals surface area (Å²) in [6.07, 6.45) is -12.1. The zero-order chi connectivity index (χ0) is 24.3. The minimum atomic E-state index is -1.85. The van der Waals surface area contributed by atoms with E-state index in [0.29, 0.717) is 0 Å². The highest BCUT2D eigenvalue weighted by atomic mass is 16.7. The van der Waals surface area contributed by atoms with Crippen molar-refractivity contribution < 1.29 is 59.5 Å². The molecule has 2 fully saturated rings. The topological polar surface area (TPSA) is 232 Å². The fourth-order valence-electron chi connectivity index (χ4n) is 3.50. The van der Waals surface area contributed by atoms with E-state index in [1.54, 1.807) is 0 Å². The molecule has 15 heteroatoms. The average Bonchev–Trinajstić information content (AvgIpc) is 3.56. The number of carbonyl (C=O) groups is 1. The largest absolute Gasteiger partial charge is 0.438 e. The summed E-state index contributed by atoms with van der Waals surface area (Å²) in [6.45, 7) is -1.56. The van der Waals surface area contributed by atoms with Crippen LogP contribution in [0.3, 0.4) is 0 Å². The number of nitrogens with zero attached hydrogens (tertiary/aromatic N) is 2. The first kappa shape index (κ1) is 25.6. The monoisotopic (exact) mass is 477 g/mol. The lowest BCUT2D eigenvalue weighted by Gasteiger charge is -2.45. The number of amides is 1. The van der Waals surface area contributed by atoms with E-state index in [1.807, 2.05) is 0 Å². The van der Waals surface area contributed by atoms with Gasteiger partial charge in [-0.05, 0) is 0 Å². The molecule has 0 aromatic rings. The van der Waals surface area contributed by atoms with Crippen LogP contribution < -0.4 is 5.32 Å². The second kappa shape index (κ2) is 10.5. The Labute approximate surface area is 187 Å². The molecule has 3 heterocycles. The molecular weight excluding hydrogens is 450 g/mol. The lowest BCUT2D eigenvalue weighted by molar-refractivity contribution is -0.354. The third-order valence-electron chi connectivity index (χ3n) is 5.48. The summed E-state index contributed by atoms with van der Waals surface area (Å²) in [6, 6.07) is 0. The molecule has 8 N–H and O–H groups in total.